The number of nitrogens with two attached hydrogens (primary N) is 1. The lowest BCUT2D eigenvalue weighted by Gasteiger charge is -2.31. The van der Waals surface area contributed by atoms with Crippen LogP contribution >= 0.6 is 0 Å². The van der Waals surface area contributed by atoms with Gasteiger partial charge in [-0.15, -0.1) is 0 Å². The maximum Gasteiger partial charge on any atom is 0.241 e. The Morgan fingerprint density at radius 2 is 2.00 bits per heavy atom. The average Bonchev–Trinajstić information content (AvgIpc) is 2.54. The highest BCUT2D eigenvalue weighted by Crippen LogP contribution is 2.27. The van der Waals surface area contributed by atoms with Crippen molar-refractivity contribution in [2.75, 3.05) is 6.54 Å². The summed E-state index contributed by atoms with van der Waals surface area (Å²) in [6.45, 7) is 0.518. The molecular weight excluding hydrogens is 298 g/mol. The number of benzene rings is 1. The second-order valence-corrected chi connectivity index (χ2v) is 7.52. The lowest BCUT2D eigenvalue weighted by molar-refractivity contribution is 0.296. The number of sulfonamides is 1. The van der Waals surface area contributed by atoms with Crippen molar-refractivity contribution in [2.45, 2.75) is 36.6 Å². The fourth-order valence-corrected chi connectivity index (χ4v) is 4.77. The van der Waals surface area contributed by atoms with Crippen molar-refractivity contribution in [2.24, 2.45) is 11.7 Å². The Hall–Kier alpha value is -1.50. The number of pyridine rings is 1. The summed E-state index contributed by atoms with van der Waals surface area (Å²) in [4.78, 5) is 4.51. The van der Waals surface area contributed by atoms with Gasteiger partial charge in [0.05, 0.1) is 10.4 Å². The summed E-state index contributed by atoms with van der Waals surface area (Å²) in [5.74, 6) is 0.219. The van der Waals surface area contributed by atoms with Crippen molar-refractivity contribution < 1.29 is 8.42 Å². The minimum absolute atomic E-state index is 0.0734. The third-order valence-corrected chi connectivity index (χ3v) is 5.96. The Morgan fingerprint density at radius 3 is 2.82 bits per heavy atom. The summed E-state index contributed by atoms with van der Waals surface area (Å²) >= 11 is 0. The Balaban J connectivity index is 1.95. The molecule has 1 aromatic heterocycles. The maximum atomic E-state index is 12.8. The molecule has 3 rings (SSSR count). The predicted octanol–water partition coefficient (Wildman–Crippen LogP) is 2.03. The van der Waals surface area contributed by atoms with Crippen LogP contribution in [0.5, 0.6) is 0 Å². The van der Waals surface area contributed by atoms with E-state index < -0.39 is 10.0 Å². The molecule has 1 fully saturated rings. The molecule has 118 valence electrons. The molecule has 0 spiro atoms. The van der Waals surface area contributed by atoms with Crippen molar-refractivity contribution in [1.82, 2.24) is 9.71 Å². The third-order valence-electron chi connectivity index (χ3n) is 4.41. The summed E-state index contributed by atoms with van der Waals surface area (Å²) in [7, 11) is -3.58. The van der Waals surface area contributed by atoms with Gasteiger partial charge in [-0.3, -0.25) is 4.98 Å². The summed E-state index contributed by atoms with van der Waals surface area (Å²) < 4.78 is 28.5. The van der Waals surface area contributed by atoms with Gasteiger partial charge in [0, 0.05) is 17.6 Å². The van der Waals surface area contributed by atoms with Gasteiger partial charge >= 0.3 is 0 Å². The van der Waals surface area contributed by atoms with Crippen LogP contribution in [-0.4, -0.2) is 26.0 Å². The highest BCUT2D eigenvalue weighted by atomic mass is 32.2. The van der Waals surface area contributed by atoms with Crippen LogP contribution in [0.4, 0.5) is 0 Å². The second kappa shape index (κ2) is 6.32. The number of hydrogen-bond donors (Lipinski definition) is 2. The number of aromatic nitrogens is 1. The van der Waals surface area contributed by atoms with Crippen LogP contribution in [0.3, 0.4) is 0 Å². The quantitative estimate of drug-likeness (QED) is 0.903. The van der Waals surface area contributed by atoms with Crippen molar-refractivity contribution in [1.29, 1.82) is 0 Å². The van der Waals surface area contributed by atoms with E-state index in [1.54, 1.807) is 30.5 Å². The Kier molecular flexibility index (Phi) is 4.42. The van der Waals surface area contributed by atoms with Gasteiger partial charge in [-0.1, -0.05) is 18.9 Å². The smallest absolute Gasteiger partial charge is 0.241 e. The van der Waals surface area contributed by atoms with E-state index in [0.29, 0.717) is 22.3 Å². The van der Waals surface area contributed by atoms with Crippen LogP contribution in [-0.2, 0) is 10.0 Å². The molecule has 0 saturated heterocycles. The lowest BCUT2D eigenvalue weighted by atomic mass is 9.85. The molecule has 1 saturated carbocycles. The molecule has 6 heteroatoms. The fourth-order valence-electron chi connectivity index (χ4n) is 3.22. The molecule has 2 aromatic rings. The zero-order valence-electron chi connectivity index (χ0n) is 12.4. The molecule has 22 heavy (non-hydrogen) atoms. The van der Waals surface area contributed by atoms with Crippen molar-refractivity contribution in [3.63, 3.8) is 0 Å². The zero-order valence-corrected chi connectivity index (χ0v) is 13.2. The van der Waals surface area contributed by atoms with Gasteiger partial charge in [-0.2, -0.15) is 0 Å². The van der Waals surface area contributed by atoms with Crippen LogP contribution in [0, 0.1) is 5.92 Å². The predicted molar refractivity (Wildman–Crippen MR) is 86.9 cm³/mol. The molecule has 1 heterocycles. The molecule has 0 bridgehead atoms. The minimum atomic E-state index is -3.58. The van der Waals surface area contributed by atoms with Crippen LogP contribution in [0.1, 0.15) is 25.7 Å². The van der Waals surface area contributed by atoms with E-state index in [1.807, 2.05) is 6.07 Å². The zero-order chi connectivity index (χ0) is 15.6. The molecule has 3 N–H and O–H groups in total. The maximum absolute atomic E-state index is 12.8. The number of nitrogens with zero attached hydrogens (tertiary/aromatic N) is 1. The van der Waals surface area contributed by atoms with Gasteiger partial charge in [0.1, 0.15) is 0 Å². The van der Waals surface area contributed by atoms with Crippen molar-refractivity contribution in [3.05, 3.63) is 36.5 Å². The van der Waals surface area contributed by atoms with Gasteiger partial charge < -0.3 is 5.73 Å². The average molecular weight is 319 g/mol. The first-order chi connectivity index (χ1) is 10.6. The van der Waals surface area contributed by atoms with E-state index in [0.717, 1.165) is 25.7 Å². The molecule has 5 nitrogen and oxygen atoms in total. The van der Waals surface area contributed by atoms with Crippen LogP contribution in [0.15, 0.2) is 41.4 Å². The van der Waals surface area contributed by atoms with Crippen LogP contribution < -0.4 is 10.5 Å². The van der Waals surface area contributed by atoms with E-state index in [1.165, 1.54) is 0 Å². The molecule has 2 atom stereocenters. The Labute approximate surface area is 131 Å². The number of nitrogens with one attached hydrogen (secondary N) is 1. The molecular formula is C16H21N3O2S. The molecule has 1 aliphatic rings. The monoisotopic (exact) mass is 319 g/mol. The lowest BCUT2D eigenvalue weighted by Crippen LogP contribution is -2.44. The second-order valence-electron chi connectivity index (χ2n) is 5.83. The highest BCUT2D eigenvalue weighted by molar-refractivity contribution is 7.89. The number of fused-ring (bicyclic) bond motifs is 1. The molecule has 0 radical (unpaired) electrons. The fraction of sp³-hybridized carbons (Fsp3) is 0.438. The number of rotatable bonds is 4. The van der Waals surface area contributed by atoms with Gasteiger partial charge in [-0.25, -0.2) is 13.1 Å². The first-order valence-electron chi connectivity index (χ1n) is 7.68. The first kappa shape index (κ1) is 15.4. The molecule has 0 amide bonds. The van der Waals surface area contributed by atoms with Crippen LogP contribution in [0.25, 0.3) is 10.9 Å². The van der Waals surface area contributed by atoms with Crippen LogP contribution in [0.2, 0.25) is 0 Å². The highest BCUT2D eigenvalue weighted by Gasteiger charge is 2.29. The van der Waals surface area contributed by atoms with Crippen molar-refractivity contribution in [3.8, 4) is 0 Å². The van der Waals surface area contributed by atoms with E-state index in [9.17, 15) is 8.42 Å². The Morgan fingerprint density at radius 1 is 1.18 bits per heavy atom. The van der Waals surface area contributed by atoms with Gasteiger partial charge in [0.2, 0.25) is 10.0 Å². The molecule has 1 aliphatic carbocycles. The topological polar surface area (TPSA) is 85.1 Å². The molecule has 0 aliphatic heterocycles. The SMILES string of the molecule is NC[C@@H]1CCCC[C@H]1NS(=O)(=O)c1cccc2ncccc12. The van der Waals surface area contributed by atoms with Crippen molar-refractivity contribution >= 4 is 20.9 Å². The Bertz CT molecular complexity index is 756. The van der Waals surface area contributed by atoms with Gasteiger partial charge in [0.25, 0.3) is 0 Å². The third kappa shape index (κ3) is 2.99. The summed E-state index contributed by atoms with van der Waals surface area (Å²) in [6.07, 6.45) is 5.67. The standard InChI is InChI=1S/C16H21N3O2S/c17-11-12-5-1-2-7-14(12)19-22(20,21)16-9-3-8-15-13(16)6-4-10-18-15/h3-4,6,8-10,12,14,19H,1-2,5,7,11,17H2/t12-,14+/m0/s1. The largest absolute Gasteiger partial charge is 0.330 e. The van der Waals surface area contributed by atoms with E-state index >= 15 is 0 Å². The molecule has 0 unspecified atom stereocenters. The summed E-state index contributed by atoms with van der Waals surface area (Å²) in [5, 5.41) is 0.651. The molecule has 1 aromatic carbocycles. The number of hydrogen-bond acceptors (Lipinski definition) is 4. The minimum Gasteiger partial charge on any atom is -0.330 e. The van der Waals surface area contributed by atoms with E-state index in [-0.39, 0.29) is 12.0 Å². The summed E-state index contributed by atoms with van der Waals surface area (Å²) in [6, 6.07) is 8.65. The van der Waals surface area contributed by atoms with Gasteiger partial charge in [0.15, 0.2) is 0 Å². The first-order valence-corrected chi connectivity index (χ1v) is 9.16. The van der Waals surface area contributed by atoms with Gasteiger partial charge in [-0.05, 0) is 49.6 Å². The summed E-state index contributed by atoms with van der Waals surface area (Å²) in [5.41, 5.74) is 6.48. The van der Waals surface area contributed by atoms with E-state index in [2.05, 4.69) is 9.71 Å². The van der Waals surface area contributed by atoms with E-state index in [4.69, 9.17) is 5.73 Å². The normalized spacial score (nSPS) is 22.8.